The van der Waals surface area contributed by atoms with Crippen LogP contribution in [0.25, 0.3) is 0 Å². The van der Waals surface area contributed by atoms with Crippen molar-refractivity contribution in [3.63, 3.8) is 0 Å². The molecule has 1 unspecified atom stereocenters. The van der Waals surface area contributed by atoms with Gasteiger partial charge in [0.05, 0.1) is 13.2 Å². The Bertz CT molecular complexity index is 824. The molecule has 3 aromatic rings. The third-order valence-corrected chi connectivity index (χ3v) is 4.87. The summed E-state index contributed by atoms with van der Waals surface area (Å²) in [6.45, 7) is 3.13. The number of ether oxygens (including phenoxy) is 1. The van der Waals surface area contributed by atoms with Gasteiger partial charge in [-0.1, -0.05) is 72.9 Å². The maximum Gasteiger partial charge on any atom is 0.137 e. The Kier molecular flexibility index (Phi) is 6.30. The molecule has 0 saturated heterocycles. The molecule has 0 N–H and O–H groups in total. The normalized spacial score (nSPS) is 13.5. The first-order valence-electron chi connectivity index (χ1n) is 8.59. The summed E-state index contributed by atoms with van der Waals surface area (Å²) in [7, 11) is 0. The quantitative estimate of drug-likeness (QED) is 0.510. The lowest BCUT2D eigenvalue weighted by molar-refractivity contribution is -0.0827. The van der Waals surface area contributed by atoms with Crippen LogP contribution in [0.2, 0.25) is 10.0 Å². The minimum atomic E-state index is -0.625. The van der Waals surface area contributed by atoms with Crippen LogP contribution < -0.4 is 0 Å². The van der Waals surface area contributed by atoms with Gasteiger partial charge in [-0.2, -0.15) is 5.10 Å². The fourth-order valence-electron chi connectivity index (χ4n) is 3.13. The highest BCUT2D eigenvalue weighted by Crippen LogP contribution is 2.39. The first-order chi connectivity index (χ1) is 12.6. The Morgan fingerprint density at radius 3 is 2.58 bits per heavy atom. The summed E-state index contributed by atoms with van der Waals surface area (Å²) < 4.78 is 8.30. The van der Waals surface area contributed by atoms with Crippen molar-refractivity contribution in [2.45, 2.75) is 38.5 Å². The SMILES string of the molecule is CCCC(Cn1cncn1)(OCc1ccccc1)c1ccc(Cl)cc1Cl. The van der Waals surface area contributed by atoms with Gasteiger partial charge < -0.3 is 4.74 Å². The number of benzene rings is 2. The number of halogens is 2. The largest absolute Gasteiger partial charge is 0.364 e. The van der Waals surface area contributed by atoms with E-state index in [9.17, 15) is 0 Å². The molecule has 0 radical (unpaired) electrons. The van der Waals surface area contributed by atoms with Crippen LogP contribution in [0.4, 0.5) is 0 Å². The minimum absolute atomic E-state index is 0.481. The van der Waals surface area contributed by atoms with Crippen LogP contribution in [0.3, 0.4) is 0 Å². The average molecular weight is 390 g/mol. The number of rotatable bonds is 8. The Balaban J connectivity index is 1.99. The molecule has 0 saturated carbocycles. The van der Waals surface area contributed by atoms with Crippen LogP contribution in [0.5, 0.6) is 0 Å². The highest BCUT2D eigenvalue weighted by molar-refractivity contribution is 6.35. The van der Waals surface area contributed by atoms with Gasteiger partial charge in [0.1, 0.15) is 18.3 Å². The van der Waals surface area contributed by atoms with E-state index >= 15 is 0 Å². The monoisotopic (exact) mass is 389 g/mol. The molecule has 0 fully saturated rings. The second kappa shape index (κ2) is 8.67. The lowest BCUT2D eigenvalue weighted by Crippen LogP contribution is -2.35. The van der Waals surface area contributed by atoms with Gasteiger partial charge in [0.15, 0.2) is 0 Å². The number of aromatic nitrogens is 3. The van der Waals surface area contributed by atoms with Crippen LogP contribution >= 0.6 is 23.2 Å². The molecular weight excluding hydrogens is 369 g/mol. The van der Waals surface area contributed by atoms with Crippen molar-refractivity contribution in [1.82, 2.24) is 14.8 Å². The van der Waals surface area contributed by atoms with Crippen LogP contribution in [0.1, 0.15) is 30.9 Å². The molecule has 0 aliphatic rings. The number of hydrogen-bond donors (Lipinski definition) is 0. The summed E-state index contributed by atoms with van der Waals surface area (Å²) in [5.41, 5.74) is 1.40. The van der Waals surface area contributed by atoms with Gasteiger partial charge in [0.2, 0.25) is 0 Å². The van der Waals surface area contributed by atoms with Gasteiger partial charge in [0, 0.05) is 15.6 Å². The third kappa shape index (κ3) is 4.44. The number of nitrogens with zero attached hydrogens (tertiary/aromatic N) is 3. The van der Waals surface area contributed by atoms with E-state index in [1.807, 2.05) is 30.3 Å². The summed E-state index contributed by atoms with van der Waals surface area (Å²) in [6, 6.07) is 15.7. The van der Waals surface area contributed by atoms with Gasteiger partial charge in [-0.25, -0.2) is 9.67 Å². The molecule has 26 heavy (non-hydrogen) atoms. The van der Waals surface area contributed by atoms with Crippen molar-refractivity contribution in [1.29, 1.82) is 0 Å². The molecule has 0 aliphatic heterocycles. The van der Waals surface area contributed by atoms with Crippen molar-refractivity contribution < 1.29 is 4.74 Å². The van der Waals surface area contributed by atoms with E-state index in [-0.39, 0.29) is 0 Å². The predicted octanol–water partition coefficient (Wildman–Crippen LogP) is 5.50. The summed E-state index contributed by atoms with van der Waals surface area (Å²) in [6.07, 6.45) is 4.95. The highest BCUT2D eigenvalue weighted by Gasteiger charge is 2.35. The standard InChI is InChI=1S/C20H21Cl2N3O/c1-2-10-20(13-25-15-23-14-24-25,18-9-8-17(21)11-19(18)22)26-12-16-6-4-3-5-7-16/h3-9,11,14-15H,2,10,12-13H2,1H3. The van der Waals surface area contributed by atoms with Crippen LogP contribution in [0.15, 0.2) is 61.2 Å². The molecule has 1 atom stereocenters. The third-order valence-electron chi connectivity index (χ3n) is 4.32. The molecule has 6 heteroatoms. The van der Waals surface area contributed by atoms with Crippen molar-refractivity contribution in [3.8, 4) is 0 Å². The molecule has 0 aliphatic carbocycles. The first-order valence-corrected chi connectivity index (χ1v) is 9.34. The molecular formula is C20H21Cl2N3O. The van der Waals surface area contributed by atoms with E-state index in [2.05, 4.69) is 29.1 Å². The smallest absolute Gasteiger partial charge is 0.137 e. The van der Waals surface area contributed by atoms with Gasteiger partial charge in [-0.05, 0) is 24.1 Å². The second-order valence-electron chi connectivity index (χ2n) is 6.24. The topological polar surface area (TPSA) is 39.9 Å². The molecule has 0 amide bonds. The van der Waals surface area contributed by atoms with E-state index in [1.54, 1.807) is 17.1 Å². The predicted molar refractivity (Wildman–Crippen MR) is 104 cm³/mol. The zero-order valence-corrected chi connectivity index (χ0v) is 16.1. The molecule has 3 rings (SSSR count). The van der Waals surface area contributed by atoms with E-state index in [1.165, 1.54) is 6.33 Å². The van der Waals surface area contributed by atoms with Crippen LogP contribution in [-0.4, -0.2) is 14.8 Å². The highest BCUT2D eigenvalue weighted by atomic mass is 35.5. The van der Waals surface area contributed by atoms with Crippen molar-refractivity contribution in [2.24, 2.45) is 0 Å². The zero-order chi connectivity index (χ0) is 18.4. The molecule has 136 valence electrons. The molecule has 4 nitrogen and oxygen atoms in total. The Morgan fingerprint density at radius 1 is 1.12 bits per heavy atom. The molecule has 1 heterocycles. The summed E-state index contributed by atoms with van der Waals surface area (Å²) >= 11 is 12.7. The minimum Gasteiger partial charge on any atom is -0.364 e. The lowest BCUT2D eigenvalue weighted by atomic mass is 9.88. The molecule has 1 aromatic heterocycles. The van der Waals surface area contributed by atoms with Gasteiger partial charge in [0.25, 0.3) is 0 Å². The summed E-state index contributed by atoms with van der Waals surface area (Å²) in [4.78, 5) is 4.06. The fraction of sp³-hybridized carbons (Fsp3) is 0.300. The van der Waals surface area contributed by atoms with E-state index in [0.717, 1.165) is 24.0 Å². The van der Waals surface area contributed by atoms with E-state index in [0.29, 0.717) is 23.2 Å². The summed E-state index contributed by atoms with van der Waals surface area (Å²) in [5.74, 6) is 0. The Labute approximate surface area is 163 Å². The molecule has 0 bridgehead atoms. The van der Waals surface area contributed by atoms with Crippen molar-refractivity contribution in [3.05, 3.63) is 82.4 Å². The van der Waals surface area contributed by atoms with Gasteiger partial charge >= 0.3 is 0 Å². The van der Waals surface area contributed by atoms with Crippen molar-refractivity contribution >= 4 is 23.2 Å². The fourth-order valence-corrected chi connectivity index (χ4v) is 3.71. The van der Waals surface area contributed by atoms with E-state index in [4.69, 9.17) is 27.9 Å². The first kappa shape index (κ1) is 18.9. The number of hydrogen-bond acceptors (Lipinski definition) is 3. The maximum absolute atomic E-state index is 6.56. The average Bonchev–Trinajstić information content (AvgIpc) is 3.14. The Hall–Kier alpha value is -1.88. The van der Waals surface area contributed by atoms with Gasteiger partial charge in [-0.3, -0.25) is 0 Å². The Morgan fingerprint density at radius 2 is 1.92 bits per heavy atom. The van der Waals surface area contributed by atoms with Crippen LogP contribution in [0, 0.1) is 0 Å². The van der Waals surface area contributed by atoms with E-state index < -0.39 is 5.60 Å². The summed E-state index contributed by atoms with van der Waals surface area (Å²) in [5, 5.41) is 5.47. The van der Waals surface area contributed by atoms with Crippen LogP contribution in [-0.2, 0) is 23.5 Å². The zero-order valence-electron chi connectivity index (χ0n) is 14.6. The lowest BCUT2D eigenvalue weighted by Gasteiger charge is -2.35. The van der Waals surface area contributed by atoms with Crippen molar-refractivity contribution in [2.75, 3.05) is 0 Å². The van der Waals surface area contributed by atoms with Gasteiger partial charge in [-0.15, -0.1) is 0 Å². The molecule has 2 aromatic carbocycles. The maximum atomic E-state index is 6.56. The molecule has 0 spiro atoms. The second-order valence-corrected chi connectivity index (χ2v) is 7.08.